The lowest BCUT2D eigenvalue weighted by Crippen LogP contribution is -2.44. The number of aryl methyl sites for hydroxylation is 1. The predicted molar refractivity (Wildman–Crippen MR) is 121 cm³/mol. The maximum atomic E-state index is 12.7. The van der Waals surface area contributed by atoms with Crippen molar-refractivity contribution in [2.75, 3.05) is 25.7 Å². The van der Waals surface area contributed by atoms with Gasteiger partial charge in [-0.1, -0.05) is 23.7 Å². The molecule has 1 aromatic heterocycles. The van der Waals surface area contributed by atoms with Gasteiger partial charge in [0, 0.05) is 35.2 Å². The minimum atomic E-state index is -0.290. The molecule has 0 bridgehead atoms. The molecule has 0 spiro atoms. The van der Waals surface area contributed by atoms with Gasteiger partial charge >= 0.3 is 0 Å². The van der Waals surface area contributed by atoms with Crippen LogP contribution >= 0.6 is 11.6 Å². The first kappa shape index (κ1) is 21.7. The number of rotatable bonds is 7. The Labute approximate surface area is 190 Å². The van der Waals surface area contributed by atoms with Gasteiger partial charge in [-0.05, 0) is 30.3 Å². The molecule has 1 aliphatic heterocycles. The average molecular weight is 455 g/mol. The second-order valence-electron chi connectivity index (χ2n) is 7.31. The summed E-state index contributed by atoms with van der Waals surface area (Å²) in [4.78, 5) is 26.8. The van der Waals surface area contributed by atoms with E-state index in [-0.39, 0.29) is 31.3 Å². The van der Waals surface area contributed by atoms with Crippen LogP contribution < -0.4 is 19.7 Å². The van der Waals surface area contributed by atoms with E-state index in [1.165, 1.54) is 4.90 Å². The van der Waals surface area contributed by atoms with Gasteiger partial charge in [-0.3, -0.25) is 14.5 Å². The van der Waals surface area contributed by atoms with Gasteiger partial charge in [0.05, 0.1) is 26.5 Å². The smallest absolute Gasteiger partial charge is 0.240 e. The van der Waals surface area contributed by atoms with Gasteiger partial charge < -0.3 is 14.8 Å². The topological polar surface area (TPSA) is 85.7 Å². The number of carbonyl (C=O) groups is 2. The molecule has 2 amide bonds. The SMILES string of the molecule is COc1ccc(OC)c(CNC(=O)CN2C(=O)CCn3nc(-c4cccc(Cl)c4)cc32)c1. The minimum Gasteiger partial charge on any atom is -0.497 e. The van der Waals surface area contributed by atoms with E-state index in [1.54, 1.807) is 49.2 Å². The highest BCUT2D eigenvalue weighted by atomic mass is 35.5. The number of anilines is 1. The summed E-state index contributed by atoms with van der Waals surface area (Å²) in [6, 6.07) is 14.5. The summed E-state index contributed by atoms with van der Waals surface area (Å²) in [6.07, 6.45) is 0.278. The average Bonchev–Trinajstić information content (AvgIpc) is 3.24. The van der Waals surface area contributed by atoms with Crippen molar-refractivity contribution in [3.63, 3.8) is 0 Å². The Morgan fingerprint density at radius 2 is 2.00 bits per heavy atom. The first-order valence-corrected chi connectivity index (χ1v) is 10.5. The van der Waals surface area contributed by atoms with Crippen molar-refractivity contribution in [1.29, 1.82) is 0 Å². The van der Waals surface area contributed by atoms with Gasteiger partial charge in [-0.25, -0.2) is 4.68 Å². The molecular formula is C23H23ClN4O4. The van der Waals surface area contributed by atoms with E-state index in [9.17, 15) is 9.59 Å². The largest absolute Gasteiger partial charge is 0.497 e. The fourth-order valence-electron chi connectivity index (χ4n) is 3.62. The lowest BCUT2D eigenvalue weighted by molar-refractivity contribution is -0.124. The molecule has 0 radical (unpaired) electrons. The molecule has 9 heteroatoms. The van der Waals surface area contributed by atoms with E-state index in [2.05, 4.69) is 10.4 Å². The van der Waals surface area contributed by atoms with E-state index < -0.39 is 0 Å². The van der Waals surface area contributed by atoms with Crippen LogP contribution in [0.2, 0.25) is 5.02 Å². The third-order valence-corrected chi connectivity index (χ3v) is 5.49. The van der Waals surface area contributed by atoms with Gasteiger partial charge in [0.15, 0.2) is 0 Å². The molecule has 2 heterocycles. The first-order valence-electron chi connectivity index (χ1n) is 10.1. The summed E-state index contributed by atoms with van der Waals surface area (Å²) in [5, 5.41) is 8.05. The third kappa shape index (κ3) is 4.55. The van der Waals surface area contributed by atoms with E-state index in [0.717, 1.165) is 11.1 Å². The lowest BCUT2D eigenvalue weighted by atomic mass is 10.1. The summed E-state index contributed by atoms with van der Waals surface area (Å²) in [6.45, 7) is 0.605. The molecule has 166 valence electrons. The van der Waals surface area contributed by atoms with Gasteiger partial charge in [0.1, 0.15) is 23.9 Å². The van der Waals surface area contributed by atoms with Crippen molar-refractivity contribution in [2.45, 2.75) is 19.5 Å². The number of nitrogens with one attached hydrogen (secondary N) is 1. The molecule has 8 nitrogen and oxygen atoms in total. The fraction of sp³-hybridized carbons (Fsp3) is 0.261. The molecule has 0 unspecified atom stereocenters. The minimum absolute atomic E-state index is 0.105. The summed E-state index contributed by atoms with van der Waals surface area (Å²) in [7, 11) is 3.14. The second-order valence-corrected chi connectivity index (χ2v) is 7.74. The summed E-state index contributed by atoms with van der Waals surface area (Å²) < 4.78 is 12.3. The Hall–Kier alpha value is -3.52. The predicted octanol–water partition coefficient (Wildman–Crippen LogP) is 3.27. The molecule has 32 heavy (non-hydrogen) atoms. The van der Waals surface area contributed by atoms with E-state index >= 15 is 0 Å². The number of methoxy groups -OCH3 is 2. The molecule has 3 aromatic rings. The van der Waals surface area contributed by atoms with E-state index in [4.69, 9.17) is 21.1 Å². The lowest BCUT2D eigenvalue weighted by Gasteiger charge is -2.26. The highest BCUT2D eigenvalue weighted by molar-refractivity contribution is 6.30. The Morgan fingerprint density at radius 1 is 1.16 bits per heavy atom. The van der Waals surface area contributed by atoms with Crippen LogP contribution in [0.5, 0.6) is 11.5 Å². The van der Waals surface area contributed by atoms with Crippen molar-refractivity contribution in [3.05, 3.63) is 59.1 Å². The molecule has 0 saturated carbocycles. The molecule has 4 rings (SSSR count). The summed E-state index contributed by atoms with van der Waals surface area (Å²) >= 11 is 6.10. The normalized spacial score (nSPS) is 13.0. The number of fused-ring (bicyclic) bond motifs is 1. The van der Waals surface area contributed by atoms with Crippen LogP contribution in [-0.2, 0) is 22.7 Å². The van der Waals surface area contributed by atoms with Crippen LogP contribution in [0.4, 0.5) is 5.82 Å². The molecule has 0 saturated heterocycles. The second kappa shape index (κ2) is 9.32. The van der Waals surface area contributed by atoms with Crippen molar-refractivity contribution in [1.82, 2.24) is 15.1 Å². The number of ether oxygens (including phenoxy) is 2. The maximum absolute atomic E-state index is 12.7. The third-order valence-electron chi connectivity index (χ3n) is 5.26. The van der Waals surface area contributed by atoms with E-state index in [1.807, 2.05) is 18.2 Å². The number of halogens is 1. The molecule has 1 aliphatic rings. The zero-order valence-corrected chi connectivity index (χ0v) is 18.6. The quantitative estimate of drug-likeness (QED) is 0.592. The molecule has 1 N–H and O–H groups in total. The van der Waals surface area contributed by atoms with Gasteiger partial charge in [-0.2, -0.15) is 5.10 Å². The number of hydrogen-bond acceptors (Lipinski definition) is 5. The molecular weight excluding hydrogens is 432 g/mol. The van der Waals surface area contributed by atoms with Crippen molar-refractivity contribution < 1.29 is 19.1 Å². The van der Waals surface area contributed by atoms with Crippen LogP contribution in [0.15, 0.2) is 48.5 Å². The highest BCUT2D eigenvalue weighted by Gasteiger charge is 2.28. The molecule has 0 aliphatic carbocycles. The Bertz CT molecular complexity index is 1160. The number of aromatic nitrogens is 2. The Balaban J connectivity index is 1.49. The highest BCUT2D eigenvalue weighted by Crippen LogP contribution is 2.29. The maximum Gasteiger partial charge on any atom is 0.240 e. The van der Waals surface area contributed by atoms with Crippen LogP contribution in [0.1, 0.15) is 12.0 Å². The number of benzene rings is 2. The molecule has 0 fully saturated rings. The van der Waals surface area contributed by atoms with Crippen LogP contribution in [0, 0.1) is 0 Å². The molecule has 2 aromatic carbocycles. The van der Waals surface area contributed by atoms with Crippen molar-refractivity contribution >= 4 is 29.2 Å². The number of nitrogens with zero attached hydrogens (tertiary/aromatic N) is 3. The van der Waals surface area contributed by atoms with Crippen molar-refractivity contribution in [3.8, 4) is 22.8 Å². The van der Waals surface area contributed by atoms with Crippen LogP contribution in [0.25, 0.3) is 11.3 Å². The Kier molecular flexibility index (Phi) is 6.32. The van der Waals surface area contributed by atoms with Gasteiger partial charge in [0.25, 0.3) is 0 Å². The zero-order chi connectivity index (χ0) is 22.7. The van der Waals surface area contributed by atoms with Crippen LogP contribution in [-0.4, -0.2) is 42.4 Å². The van der Waals surface area contributed by atoms with Gasteiger partial charge in [-0.15, -0.1) is 0 Å². The fourth-order valence-corrected chi connectivity index (χ4v) is 3.81. The first-order chi connectivity index (χ1) is 15.5. The Morgan fingerprint density at radius 3 is 2.75 bits per heavy atom. The number of hydrogen-bond donors (Lipinski definition) is 1. The summed E-state index contributed by atoms with van der Waals surface area (Å²) in [5.74, 6) is 1.49. The van der Waals surface area contributed by atoms with Crippen molar-refractivity contribution in [2.24, 2.45) is 0 Å². The van der Waals surface area contributed by atoms with E-state index in [0.29, 0.717) is 34.6 Å². The number of amides is 2. The number of carbonyl (C=O) groups excluding carboxylic acids is 2. The molecule has 0 atom stereocenters. The summed E-state index contributed by atoms with van der Waals surface area (Å²) in [5.41, 5.74) is 2.32. The van der Waals surface area contributed by atoms with Crippen LogP contribution in [0.3, 0.4) is 0 Å². The monoisotopic (exact) mass is 454 g/mol. The zero-order valence-electron chi connectivity index (χ0n) is 17.8. The van der Waals surface area contributed by atoms with Gasteiger partial charge in [0.2, 0.25) is 11.8 Å². The standard InChI is InChI=1S/C23H23ClN4O4/c1-31-18-6-7-20(32-2)16(11-18)13-25-21(29)14-27-22-12-19(15-4-3-5-17(24)10-15)26-28(22)9-8-23(27)30/h3-7,10-12H,8-9,13-14H2,1-2H3,(H,25,29).